The van der Waals surface area contributed by atoms with E-state index in [-0.39, 0.29) is 11.7 Å². The molecule has 1 saturated heterocycles. The number of ether oxygens (including phenoxy) is 1. The third-order valence-electron chi connectivity index (χ3n) is 7.37. The standard InChI is InChI=1S/C26H36N6O3/c33-25-29-23-18-20-17-21(7-8-22(20)28-24(23)30-25)35-16-4-10-27-26(34)32-14-12-31(13-15-32)11-9-19-5-2-1-3-6-19/h7-8,17-19H,1-6,9-16H2,(H,27,34)(H2,28,29,30,33). The number of imidazole rings is 1. The summed E-state index contributed by atoms with van der Waals surface area (Å²) >= 11 is 0. The first-order valence-corrected chi connectivity index (χ1v) is 13.0. The summed E-state index contributed by atoms with van der Waals surface area (Å²) in [7, 11) is 0. The molecule has 2 fully saturated rings. The Kier molecular flexibility index (Phi) is 7.51. The van der Waals surface area contributed by atoms with E-state index in [2.05, 4.69) is 25.2 Å². The molecule has 2 amide bonds. The molecule has 9 heteroatoms. The van der Waals surface area contributed by atoms with Crippen LogP contribution in [0.25, 0.3) is 22.1 Å². The number of pyridine rings is 1. The molecule has 0 unspecified atom stereocenters. The van der Waals surface area contributed by atoms with E-state index in [0.717, 1.165) is 55.2 Å². The molecule has 0 bridgehead atoms. The Balaban J connectivity index is 0.990. The van der Waals surface area contributed by atoms with Gasteiger partial charge in [0.2, 0.25) is 0 Å². The average molecular weight is 481 g/mol. The predicted octanol–water partition coefficient (Wildman–Crippen LogP) is 3.47. The minimum absolute atomic E-state index is 0.0261. The zero-order valence-corrected chi connectivity index (χ0v) is 20.4. The van der Waals surface area contributed by atoms with Crippen molar-refractivity contribution in [3.05, 3.63) is 34.7 Å². The van der Waals surface area contributed by atoms with Gasteiger partial charge in [-0.25, -0.2) is 14.6 Å². The van der Waals surface area contributed by atoms with Crippen LogP contribution in [0.1, 0.15) is 44.9 Å². The van der Waals surface area contributed by atoms with Gasteiger partial charge >= 0.3 is 11.7 Å². The van der Waals surface area contributed by atoms with Gasteiger partial charge in [0.05, 0.1) is 17.6 Å². The first-order chi connectivity index (χ1) is 17.1. The topological polar surface area (TPSA) is 106 Å². The number of fused-ring (bicyclic) bond motifs is 2. The lowest BCUT2D eigenvalue weighted by Crippen LogP contribution is -2.52. The number of hydrogen-bond donors (Lipinski definition) is 3. The molecule has 0 spiro atoms. The molecule has 0 atom stereocenters. The second-order valence-electron chi connectivity index (χ2n) is 9.87. The Morgan fingerprint density at radius 2 is 1.91 bits per heavy atom. The van der Waals surface area contributed by atoms with Crippen molar-refractivity contribution in [2.45, 2.75) is 44.9 Å². The average Bonchev–Trinajstić information content (AvgIpc) is 3.25. The molecule has 35 heavy (non-hydrogen) atoms. The van der Waals surface area contributed by atoms with Crippen molar-refractivity contribution >= 4 is 28.1 Å². The number of piperazine rings is 1. The zero-order valence-electron chi connectivity index (χ0n) is 20.4. The number of urea groups is 1. The number of benzene rings is 1. The van der Waals surface area contributed by atoms with Crippen LogP contribution in [-0.4, -0.2) is 76.7 Å². The van der Waals surface area contributed by atoms with Gasteiger partial charge in [-0.2, -0.15) is 0 Å². The van der Waals surface area contributed by atoms with Gasteiger partial charge in [-0.05, 0) is 49.6 Å². The molecule has 9 nitrogen and oxygen atoms in total. The Bertz CT molecular complexity index is 1190. The molecule has 5 rings (SSSR count). The number of amides is 2. The minimum Gasteiger partial charge on any atom is -0.494 e. The van der Waals surface area contributed by atoms with Gasteiger partial charge < -0.3 is 19.9 Å². The van der Waals surface area contributed by atoms with E-state index >= 15 is 0 Å². The van der Waals surface area contributed by atoms with Gasteiger partial charge in [-0.1, -0.05) is 32.1 Å². The van der Waals surface area contributed by atoms with Crippen LogP contribution in [-0.2, 0) is 0 Å². The highest BCUT2D eigenvalue weighted by Gasteiger charge is 2.22. The largest absolute Gasteiger partial charge is 0.494 e. The van der Waals surface area contributed by atoms with Crippen molar-refractivity contribution in [3.63, 3.8) is 0 Å². The monoisotopic (exact) mass is 480 g/mol. The van der Waals surface area contributed by atoms with E-state index in [0.29, 0.717) is 24.3 Å². The Morgan fingerprint density at radius 1 is 1.09 bits per heavy atom. The van der Waals surface area contributed by atoms with Gasteiger partial charge in [-0.15, -0.1) is 0 Å². The number of carbonyl (C=O) groups is 1. The zero-order chi connectivity index (χ0) is 24.0. The number of carbonyl (C=O) groups excluding carboxylic acids is 1. The maximum atomic E-state index is 12.5. The third kappa shape index (κ3) is 6.14. The van der Waals surface area contributed by atoms with Crippen LogP contribution >= 0.6 is 0 Å². The minimum atomic E-state index is -0.266. The van der Waals surface area contributed by atoms with Gasteiger partial charge in [0.25, 0.3) is 0 Å². The van der Waals surface area contributed by atoms with Crippen LogP contribution in [0.15, 0.2) is 29.1 Å². The summed E-state index contributed by atoms with van der Waals surface area (Å²) in [5.41, 5.74) is 1.75. The van der Waals surface area contributed by atoms with Crippen molar-refractivity contribution < 1.29 is 9.53 Å². The molecule has 188 valence electrons. The smallest absolute Gasteiger partial charge is 0.325 e. The fraction of sp³-hybridized carbons (Fsp3) is 0.577. The Morgan fingerprint density at radius 3 is 2.74 bits per heavy atom. The number of rotatable bonds is 8. The second-order valence-corrected chi connectivity index (χ2v) is 9.87. The molecule has 3 heterocycles. The van der Waals surface area contributed by atoms with Crippen LogP contribution in [0.5, 0.6) is 5.75 Å². The summed E-state index contributed by atoms with van der Waals surface area (Å²) < 4.78 is 5.87. The summed E-state index contributed by atoms with van der Waals surface area (Å²) in [6.45, 7) is 5.83. The normalized spacial score (nSPS) is 17.8. The molecular formula is C26H36N6O3. The molecule has 1 aliphatic carbocycles. The highest BCUT2D eigenvalue weighted by atomic mass is 16.5. The maximum Gasteiger partial charge on any atom is 0.325 e. The van der Waals surface area contributed by atoms with E-state index in [1.165, 1.54) is 45.1 Å². The molecular weight excluding hydrogens is 444 g/mol. The van der Waals surface area contributed by atoms with E-state index in [1.54, 1.807) is 0 Å². The van der Waals surface area contributed by atoms with Crippen LogP contribution < -0.4 is 15.7 Å². The molecule has 1 aromatic carbocycles. The van der Waals surface area contributed by atoms with Crippen LogP contribution in [0.4, 0.5) is 4.79 Å². The SMILES string of the molecule is O=C(NCCCOc1ccc2nc3[nH]c(=O)[nH]c3cc2c1)N1CCN(CCC2CCCCC2)CC1. The summed E-state index contributed by atoms with van der Waals surface area (Å²) in [6, 6.07) is 7.58. The maximum absolute atomic E-state index is 12.5. The molecule has 0 radical (unpaired) electrons. The Hall–Kier alpha value is -3.07. The summed E-state index contributed by atoms with van der Waals surface area (Å²) in [5, 5.41) is 3.93. The number of hydrogen-bond acceptors (Lipinski definition) is 5. The van der Waals surface area contributed by atoms with Crippen molar-refractivity contribution in [3.8, 4) is 5.75 Å². The van der Waals surface area contributed by atoms with Gasteiger partial charge in [0.15, 0.2) is 5.65 Å². The predicted molar refractivity (Wildman–Crippen MR) is 137 cm³/mol. The number of nitrogens with zero attached hydrogens (tertiary/aromatic N) is 3. The highest BCUT2D eigenvalue weighted by molar-refractivity contribution is 5.89. The van der Waals surface area contributed by atoms with E-state index in [1.807, 2.05) is 29.2 Å². The highest BCUT2D eigenvalue weighted by Crippen LogP contribution is 2.26. The lowest BCUT2D eigenvalue weighted by atomic mass is 9.87. The number of H-pyrrole nitrogens is 2. The van der Waals surface area contributed by atoms with E-state index in [4.69, 9.17) is 4.74 Å². The second kappa shape index (κ2) is 11.1. The van der Waals surface area contributed by atoms with Crippen LogP contribution in [0, 0.1) is 5.92 Å². The quantitative estimate of drug-likeness (QED) is 0.428. The molecule has 2 aliphatic rings. The fourth-order valence-corrected chi connectivity index (χ4v) is 5.28. The number of aromatic amines is 2. The summed E-state index contributed by atoms with van der Waals surface area (Å²) in [5.74, 6) is 1.66. The third-order valence-corrected chi connectivity index (χ3v) is 7.37. The van der Waals surface area contributed by atoms with Crippen molar-refractivity contribution in [2.24, 2.45) is 5.92 Å². The summed E-state index contributed by atoms with van der Waals surface area (Å²) in [6.07, 6.45) is 9.09. The van der Waals surface area contributed by atoms with E-state index in [9.17, 15) is 9.59 Å². The molecule has 2 aromatic heterocycles. The van der Waals surface area contributed by atoms with Gasteiger partial charge in [-0.3, -0.25) is 9.88 Å². The lowest BCUT2D eigenvalue weighted by Gasteiger charge is -2.35. The van der Waals surface area contributed by atoms with Crippen LogP contribution in [0.3, 0.4) is 0 Å². The molecule has 1 aliphatic heterocycles. The summed E-state index contributed by atoms with van der Waals surface area (Å²) in [4.78, 5) is 38.3. The number of aromatic nitrogens is 3. The van der Waals surface area contributed by atoms with Crippen molar-refractivity contribution in [1.29, 1.82) is 0 Å². The first-order valence-electron chi connectivity index (χ1n) is 13.0. The Labute approximate surface area is 205 Å². The number of nitrogens with one attached hydrogen (secondary N) is 3. The van der Waals surface area contributed by atoms with E-state index < -0.39 is 0 Å². The van der Waals surface area contributed by atoms with Gasteiger partial charge in [0.1, 0.15) is 5.75 Å². The van der Waals surface area contributed by atoms with Crippen molar-refractivity contribution in [2.75, 3.05) is 45.9 Å². The molecule has 1 saturated carbocycles. The van der Waals surface area contributed by atoms with Crippen LogP contribution in [0.2, 0.25) is 0 Å². The lowest BCUT2D eigenvalue weighted by molar-refractivity contribution is 0.132. The molecule has 3 N–H and O–H groups in total. The van der Waals surface area contributed by atoms with Gasteiger partial charge in [0, 0.05) is 38.1 Å². The molecule has 3 aromatic rings. The van der Waals surface area contributed by atoms with Crippen molar-refractivity contribution in [1.82, 2.24) is 30.1 Å². The fourth-order valence-electron chi connectivity index (χ4n) is 5.28. The first kappa shape index (κ1) is 23.7.